The number of carbonyl (C=O) groups excluding carboxylic acids is 3. The monoisotopic (exact) mass is 417 g/mol. The Balaban J connectivity index is 1.54. The fourth-order valence-electron chi connectivity index (χ4n) is 2.91. The van der Waals surface area contributed by atoms with E-state index >= 15 is 0 Å². The van der Waals surface area contributed by atoms with Crippen LogP contribution in [0.3, 0.4) is 0 Å². The Morgan fingerprint density at radius 2 is 1.48 bits per heavy atom. The molecule has 0 fully saturated rings. The predicted octanol–water partition coefficient (Wildman–Crippen LogP) is 3.95. The van der Waals surface area contributed by atoms with Crippen LogP contribution in [0.4, 0.5) is 0 Å². The van der Waals surface area contributed by atoms with Gasteiger partial charge in [0.15, 0.2) is 12.4 Å². The number of rotatable bonds is 9. The van der Waals surface area contributed by atoms with Crippen molar-refractivity contribution >= 4 is 17.7 Å². The minimum Gasteiger partial charge on any atom is -0.457 e. The van der Waals surface area contributed by atoms with Crippen molar-refractivity contribution in [3.05, 3.63) is 96.1 Å². The maximum atomic E-state index is 12.3. The number of Topliss-reactive ketones (excluding diaryl/α,β-unsaturated/α-hetero) is 1. The second-order valence-corrected chi connectivity index (χ2v) is 6.94. The van der Waals surface area contributed by atoms with Gasteiger partial charge in [-0.15, -0.1) is 0 Å². The number of hydrogen-bond donors (Lipinski definition) is 1. The van der Waals surface area contributed by atoms with E-state index in [0.717, 1.165) is 5.56 Å². The van der Waals surface area contributed by atoms with Gasteiger partial charge in [0.25, 0.3) is 5.91 Å². The first-order chi connectivity index (χ1) is 15.0. The molecule has 3 aromatic rings. The number of ether oxygens (including phenoxy) is 2. The van der Waals surface area contributed by atoms with E-state index in [1.807, 2.05) is 48.5 Å². The van der Waals surface area contributed by atoms with Crippen molar-refractivity contribution in [3.8, 4) is 11.5 Å². The van der Waals surface area contributed by atoms with Gasteiger partial charge in [-0.2, -0.15) is 0 Å². The van der Waals surface area contributed by atoms with Gasteiger partial charge in [0.1, 0.15) is 11.5 Å². The topological polar surface area (TPSA) is 81.7 Å². The highest BCUT2D eigenvalue weighted by molar-refractivity contribution is 5.93. The van der Waals surface area contributed by atoms with Crippen LogP contribution in [0.1, 0.15) is 22.8 Å². The first-order valence-electron chi connectivity index (χ1n) is 9.85. The highest BCUT2D eigenvalue weighted by Crippen LogP contribution is 2.22. The van der Waals surface area contributed by atoms with E-state index in [-0.39, 0.29) is 11.3 Å². The molecule has 0 unspecified atom stereocenters. The number of hydrogen-bond acceptors (Lipinski definition) is 5. The number of carbonyl (C=O) groups is 3. The molecule has 6 heteroatoms. The molecule has 0 saturated carbocycles. The van der Waals surface area contributed by atoms with Gasteiger partial charge in [0.2, 0.25) is 0 Å². The summed E-state index contributed by atoms with van der Waals surface area (Å²) in [5, 5.41) is 2.63. The van der Waals surface area contributed by atoms with Gasteiger partial charge in [0, 0.05) is 0 Å². The van der Waals surface area contributed by atoms with Crippen molar-refractivity contribution in [2.24, 2.45) is 0 Å². The molecule has 1 amide bonds. The molecule has 0 aliphatic heterocycles. The smallest absolute Gasteiger partial charge is 0.338 e. The molecule has 6 nitrogen and oxygen atoms in total. The first-order valence-corrected chi connectivity index (χ1v) is 9.85. The van der Waals surface area contributed by atoms with Crippen LogP contribution in [0, 0.1) is 0 Å². The Morgan fingerprint density at radius 1 is 0.839 bits per heavy atom. The van der Waals surface area contributed by atoms with Gasteiger partial charge >= 0.3 is 5.97 Å². The summed E-state index contributed by atoms with van der Waals surface area (Å²) in [4.78, 5) is 36.5. The van der Waals surface area contributed by atoms with Crippen LogP contribution in [-0.4, -0.2) is 30.3 Å². The molecule has 0 bridgehead atoms. The molecule has 31 heavy (non-hydrogen) atoms. The third-order valence-electron chi connectivity index (χ3n) is 4.49. The second-order valence-electron chi connectivity index (χ2n) is 6.94. The minimum absolute atomic E-state index is 0.172. The lowest BCUT2D eigenvalue weighted by atomic mass is 10.0. The molecule has 0 aliphatic carbocycles. The summed E-state index contributed by atoms with van der Waals surface area (Å²) in [6.45, 7) is 0.930. The lowest BCUT2D eigenvalue weighted by molar-refractivity contribution is -0.128. The van der Waals surface area contributed by atoms with E-state index in [2.05, 4.69) is 5.32 Å². The lowest BCUT2D eigenvalue weighted by Gasteiger charge is -2.16. The van der Waals surface area contributed by atoms with Crippen molar-refractivity contribution in [2.45, 2.75) is 19.4 Å². The van der Waals surface area contributed by atoms with Gasteiger partial charge < -0.3 is 14.8 Å². The van der Waals surface area contributed by atoms with Crippen LogP contribution >= 0.6 is 0 Å². The number of ketones is 1. The maximum Gasteiger partial charge on any atom is 0.338 e. The Hall–Kier alpha value is -3.93. The van der Waals surface area contributed by atoms with Gasteiger partial charge in [0.05, 0.1) is 11.6 Å². The van der Waals surface area contributed by atoms with Gasteiger partial charge in [-0.05, 0) is 49.2 Å². The molecule has 0 spiro atoms. The largest absolute Gasteiger partial charge is 0.457 e. The van der Waals surface area contributed by atoms with E-state index in [1.165, 1.54) is 6.92 Å². The molecule has 1 atom stereocenters. The molecule has 0 heterocycles. The Morgan fingerprint density at radius 3 is 2.16 bits per heavy atom. The molecule has 3 rings (SSSR count). The molecule has 0 saturated heterocycles. The van der Waals surface area contributed by atoms with E-state index in [4.69, 9.17) is 9.47 Å². The minimum atomic E-state index is -0.684. The molecule has 158 valence electrons. The maximum absolute atomic E-state index is 12.3. The lowest BCUT2D eigenvalue weighted by Crippen LogP contribution is -2.43. The standard InChI is InChI=1S/C25H23NO5/c1-18(27)23(15-19-9-4-2-5-10-19)26-24(28)17-30-25(29)20-11-8-14-22(16-20)31-21-12-6-3-7-13-21/h2-14,16,23H,15,17H2,1H3,(H,26,28)/t23-/m0/s1. The van der Waals surface area contributed by atoms with Crippen molar-refractivity contribution in [1.29, 1.82) is 0 Å². The normalized spacial score (nSPS) is 11.3. The zero-order chi connectivity index (χ0) is 22.1. The molecular formula is C25H23NO5. The molecule has 1 N–H and O–H groups in total. The first kappa shape index (κ1) is 21.8. The zero-order valence-corrected chi connectivity index (χ0v) is 17.1. The SMILES string of the molecule is CC(=O)[C@H](Cc1ccccc1)NC(=O)COC(=O)c1cccc(Oc2ccccc2)c1. The molecule has 0 aliphatic rings. The Bertz CT molecular complexity index is 1030. The van der Waals surface area contributed by atoms with Crippen LogP contribution in [0.2, 0.25) is 0 Å². The molecular weight excluding hydrogens is 394 g/mol. The van der Waals surface area contributed by atoms with Crippen molar-refractivity contribution in [1.82, 2.24) is 5.32 Å². The van der Waals surface area contributed by atoms with Crippen LogP contribution in [0.5, 0.6) is 11.5 Å². The summed E-state index contributed by atoms with van der Waals surface area (Å²) in [5.41, 5.74) is 1.18. The number of para-hydroxylation sites is 1. The summed E-state index contributed by atoms with van der Waals surface area (Å²) >= 11 is 0. The summed E-state index contributed by atoms with van der Waals surface area (Å²) in [6, 6.07) is 24.4. The average Bonchev–Trinajstić information content (AvgIpc) is 2.78. The summed E-state index contributed by atoms with van der Waals surface area (Å²) < 4.78 is 10.8. The summed E-state index contributed by atoms with van der Waals surface area (Å²) in [5.74, 6) is -0.253. The van der Waals surface area contributed by atoms with Gasteiger partial charge in [-0.3, -0.25) is 9.59 Å². The van der Waals surface area contributed by atoms with Gasteiger partial charge in [-0.1, -0.05) is 54.6 Å². The quantitative estimate of drug-likeness (QED) is 0.533. The predicted molar refractivity (Wildman–Crippen MR) is 116 cm³/mol. The van der Waals surface area contributed by atoms with Crippen molar-refractivity contribution in [2.75, 3.05) is 6.61 Å². The summed E-state index contributed by atoms with van der Waals surface area (Å²) in [6.07, 6.45) is 0.370. The number of esters is 1. The molecule has 0 aromatic heterocycles. The van der Waals surface area contributed by atoms with Crippen molar-refractivity contribution < 1.29 is 23.9 Å². The van der Waals surface area contributed by atoms with Crippen LogP contribution in [0.15, 0.2) is 84.9 Å². The highest BCUT2D eigenvalue weighted by Gasteiger charge is 2.19. The third-order valence-corrected chi connectivity index (χ3v) is 4.49. The number of amides is 1. The van der Waals surface area contributed by atoms with E-state index < -0.39 is 24.5 Å². The number of nitrogens with one attached hydrogen (secondary N) is 1. The van der Waals surface area contributed by atoms with Crippen LogP contribution < -0.4 is 10.1 Å². The Kier molecular flexibility index (Phi) is 7.54. The van der Waals surface area contributed by atoms with Crippen molar-refractivity contribution in [3.63, 3.8) is 0 Å². The zero-order valence-electron chi connectivity index (χ0n) is 17.1. The fraction of sp³-hybridized carbons (Fsp3) is 0.160. The number of benzene rings is 3. The van der Waals surface area contributed by atoms with Crippen LogP contribution in [-0.2, 0) is 20.7 Å². The Labute approximate surface area is 180 Å². The van der Waals surface area contributed by atoms with E-state index in [1.54, 1.807) is 36.4 Å². The second kappa shape index (κ2) is 10.7. The van der Waals surface area contributed by atoms with Crippen LogP contribution in [0.25, 0.3) is 0 Å². The van der Waals surface area contributed by atoms with E-state index in [9.17, 15) is 14.4 Å². The fourth-order valence-corrected chi connectivity index (χ4v) is 2.91. The summed E-state index contributed by atoms with van der Waals surface area (Å²) in [7, 11) is 0. The average molecular weight is 417 g/mol. The van der Waals surface area contributed by atoms with E-state index in [0.29, 0.717) is 17.9 Å². The molecule has 3 aromatic carbocycles. The third kappa shape index (κ3) is 6.82. The highest BCUT2D eigenvalue weighted by atomic mass is 16.5. The van der Waals surface area contributed by atoms with Gasteiger partial charge in [-0.25, -0.2) is 4.79 Å². The molecule has 0 radical (unpaired) electrons.